The van der Waals surface area contributed by atoms with Crippen molar-refractivity contribution in [2.75, 3.05) is 13.1 Å². The molecular weight excluding hydrogens is 266 g/mol. The highest BCUT2D eigenvalue weighted by Gasteiger charge is 2.09. The lowest BCUT2D eigenvalue weighted by Gasteiger charge is -2.17. The molecule has 0 bridgehead atoms. The number of carbonyl (C=O) groups excluding carboxylic acids is 1. The summed E-state index contributed by atoms with van der Waals surface area (Å²) in [4.78, 5) is 23.8. The minimum atomic E-state index is -0.909. The molecule has 19 heavy (non-hydrogen) atoms. The fourth-order valence-electron chi connectivity index (χ4n) is 1.50. The van der Waals surface area contributed by atoms with E-state index < -0.39 is 5.97 Å². The smallest absolute Gasteiger partial charge is 0.305 e. The number of carboxylic acid groups (broad SMARTS) is 1. The molecule has 0 radical (unpaired) electrons. The van der Waals surface area contributed by atoms with Crippen LogP contribution in [0.2, 0.25) is 5.02 Å². The number of amides is 1. The van der Waals surface area contributed by atoms with E-state index in [1.54, 1.807) is 30.3 Å². The van der Waals surface area contributed by atoms with Crippen LogP contribution in [0.1, 0.15) is 18.9 Å². The third-order valence-electron chi connectivity index (χ3n) is 2.58. The van der Waals surface area contributed by atoms with Gasteiger partial charge in [0.15, 0.2) is 0 Å². The number of hydrogen-bond donors (Lipinski definition) is 1. The molecule has 0 saturated heterocycles. The van der Waals surface area contributed by atoms with Gasteiger partial charge in [-0.05, 0) is 30.7 Å². The molecule has 1 aromatic rings. The van der Waals surface area contributed by atoms with E-state index in [9.17, 15) is 9.59 Å². The van der Waals surface area contributed by atoms with E-state index in [4.69, 9.17) is 16.7 Å². The Morgan fingerprint density at radius 2 is 1.95 bits per heavy atom. The molecule has 0 saturated carbocycles. The van der Waals surface area contributed by atoms with Gasteiger partial charge in [-0.25, -0.2) is 0 Å². The monoisotopic (exact) mass is 281 g/mol. The highest BCUT2D eigenvalue weighted by molar-refractivity contribution is 6.30. The van der Waals surface area contributed by atoms with Crippen molar-refractivity contribution in [1.82, 2.24) is 4.90 Å². The van der Waals surface area contributed by atoms with Crippen LogP contribution in [0.4, 0.5) is 0 Å². The zero-order valence-corrected chi connectivity index (χ0v) is 11.4. The third-order valence-corrected chi connectivity index (χ3v) is 2.83. The summed E-state index contributed by atoms with van der Waals surface area (Å²) in [7, 11) is 0. The highest BCUT2D eigenvalue weighted by Crippen LogP contribution is 2.10. The Bertz CT molecular complexity index is 468. The van der Waals surface area contributed by atoms with Gasteiger partial charge in [-0.15, -0.1) is 0 Å². The molecule has 4 nitrogen and oxygen atoms in total. The van der Waals surface area contributed by atoms with Crippen molar-refractivity contribution < 1.29 is 14.7 Å². The molecule has 5 heteroatoms. The van der Waals surface area contributed by atoms with E-state index >= 15 is 0 Å². The topological polar surface area (TPSA) is 57.6 Å². The number of halogens is 1. The Balaban J connectivity index is 2.60. The minimum Gasteiger partial charge on any atom is -0.481 e. The van der Waals surface area contributed by atoms with Crippen LogP contribution < -0.4 is 0 Å². The van der Waals surface area contributed by atoms with E-state index in [1.807, 2.05) is 6.92 Å². The van der Waals surface area contributed by atoms with Crippen LogP contribution in [0.3, 0.4) is 0 Å². The molecule has 0 unspecified atom stereocenters. The summed E-state index contributed by atoms with van der Waals surface area (Å²) in [5.74, 6) is -1.10. The summed E-state index contributed by atoms with van der Waals surface area (Å²) in [6.45, 7) is 2.52. The van der Waals surface area contributed by atoms with Crippen LogP contribution in [0.15, 0.2) is 30.3 Å². The Hall–Kier alpha value is -1.81. The maximum atomic E-state index is 11.8. The Morgan fingerprint density at radius 1 is 1.32 bits per heavy atom. The lowest BCUT2D eigenvalue weighted by molar-refractivity contribution is -0.137. The summed E-state index contributed by atoms with van der Waals surface area (Å²) >= 11 is 5.76. The standard InChI is InChI=1S/C14H16ClNO3/c1-2-16(10-9-14(18)19)13(17)8-5-11-3-6-12(15)7-4-11/h3-8H,2,9-10H2,1H3,(H,18,19)/b8-5+. The van der Waals surface area contributed by atoms with Gasteiger partial charge in [0.2, 0.25) is 5.91 Å². The Morgan fingerprint density at radius 3 is 2.47 bits per heavy atom. The quantitative estimate of drug-likeness (QED) is 0.816. The molecule has 0 aliphatic rings. The molecule has 102 valence electrons. The van der Waals surface area contributed by atoms with E-state index in [-0.39, 0.29) is 18.9 Å². The fraction of sp³-hybridized carbons (Fsp3) is 0.286. The van der Waals surface area contributed by atoms with Gasteiger partial charge in [0.1, 0.15) is 0 Å². The number of nitrogens with zero attached hydrogens (tertiary/aromatic N) is 1. The van der Waals surface area contributed by atoms with Crippen LogP contribution in [0.25, 0.3) is 6.08 Å². The molecular formula is C14H16ClNO3. The second-order valence-corrected chi connectivity index (χ2v) is 4.38. The first-order valence-corrected chi connectivity index (χ1v) is 6.35. The molecule has 1 amide bonds. The lowest BCUT2D eigenvalue weighted by atomic mass is 10.2. The highest BCUT2D eigenvalue weighted by atomic mass is 35.5. The van der Waals surface area contributed by atoms with E-state index in [0.29, 0.717) is 11.6 Å². The summed E-state index contributed by atoms with van der Waals surface area (Å²) in [6, 6.07) is 7.10. The van der Waals surface area contributed by atoms with Gasteiger partial charge < -0.3 is 10.0 Å². The summed E-state index contributed by atoms with van der Waals surface area (Å²) in [5.41, 5.74) is 0.868. The van der Waals surface area contributed by atoms with Crippen molar-refractivity contribution in [2.24, 2.45) is 0 Å². The predicted molar refractivity (Wildman–Crippen MR) is 75.0 cm³/mol. The van der Waals surface area contributed by atoms with Crippen molar-refractivity contribution >= 4 is 29.6 Å². The maximum absolute atomic E-state index is 11.8. The van der Waals surface area contributed by atoms with Gasteiger partial charge in [-0.1, -0.05) is 23.7 Å². The van der Waals surface area contributed by atoms with Crippen molar-refractivity contribution in [1.29, 1.82) is 0 Å². The van der Waals surface area contributed by atoms with Crippen molar-refractivity contribution in [3.05, 3.63) is 40.9 Å². The van der Waals surface area contributed by atoms with E-state index in [1.165, 1.54) is 11.0 Å². The third kappa shape index (κ3) is 5.57. The number of carbonyl (C=O) groups is 2. The van der Waals surface area contributed by atoms with Gasteiger partial charge in [-0.2, -0.15) is 0 Å². The number of rotatable bonds is 6. The number of aliphatic carboxylic acids is 1. The minimum absolute atomic E-state index is 0.0473. The van der Waals surface area contributed by atoms with Crippen LogP contribution >= 0.6 is 11.6 Å². The zero-order valence-electron chi connectivity index (χ0n) is 10.7. The zero-order chi connectivity index (χ0) is 14.3. The molecule has 0 aromatic heterocycles. The number of likely N-dealkylation sites (N-methyl/N-ethyl adjacent to an activating group) is 1. The molecule has 0 fully saturated rings. The summed E-state index contributed by atoms with van der Waals surface area (Å²) in [5, 5.41) is 9.24. The Labute approximate surface area is 117 Å². The average molecular weight is 282 g/mol. The first kappa shape index (κ1) is 15.2. The average Bonchev–Trinajstić information content (AvgIpc) is 2.38. The van der Waals surface area contributed by atoms with Crippen LogP contribution in [0, 0.1) is 0 Å². The number of hydrogen-bond acceptors (Lipinski definition) is 2. The SMILES string of the molecule is CCN(CCC(=O)O)C(=O)/C=C/c1ccc(Cl)cc1. The largest absolute Gasteiger partial charge is 0.481 e. The summed E-state index contributed by atoms with van der Waals surface area (Å²) < 4.78 is 0. The molecule has 0 spiro atoms. The van der Waals surface area contributed by atoms with E-state index in [0.717, 1.165) is 5.56 Å². The van der Waals surface area contributed by atoms with Crippen molar-refractivity contribution in [3.8, 4) is 0 Å². The van der Waals surface area contributed by atoms with Gasteiger partial charge in [0, 0.05) is 24.2 Å². The first-order chi connectivity index (χ1) is 9.02. The van der Waals surface area contributed by atoms with Crippen LogP contribution in [-0.2, 0) is 9.59 Å². The normalized spacial score (nSPS) is 10.6. The second-order valence-electron chi connectivity index (χ2n) is 3.95. The lowest BCUT2D eigenvalue weighted by Crippen LogP contribution is -2.31. The summed E-state index contributed by atoms with van der Waals surface area (Å²) in [6.07, 6.45) is 3.07. The maximum Gasteiger partial charge on any atom is 0.305 e. The molecule has 0 aliphatic heterocycles. The fourth-order valence-corrected chi connectivity index (χ4v) is 1.63. The predicted octanol–water partition coefficient (Wildman–Crippen LogP) is 2.68. The van der Waals surface area contributed by atoms with Crippen LogP contribution in [0.5, 0.6) is 0 Å². The second kappa shape index (κ2) is 7.59. The first-order valence-electron chi connectivity index (χ1n) is 5.97. The molecule has 1 aromatic carbocycles. The van der Waals surface area contributed by atoms with E-state index in [2.05, 4.69) is 0 Å². The van der Waals surface area contributed by atoms with Gasteiger partial charge in [-0.3, -0.25) is 9.59 Å². The van der Waals surface area contributed by atoms with Crippen LogP contribution in [-0.4, -0.2) is 35.0 Å². The van der Waals surface area contributed by atoms with Gasteiger partial charge in [0.25, 0.3) is 0 Å². The molecule has 1 N–H and O–H groups in total. The van der Waals surface area contributed by atoms with Crippen molar-refractivity contribution in [2.45, 2.75) is 13.3 Å². The molecule has 0 atom stereocenters. The molecule has 1 rings (SSSR count). The molecule has 0 heterocycles. The van der Waals surface area contributed by atoms with Crippen molar-refractivity contribution in [3.63, 3.8) is 0 Å². The number of benzene rings is 1. The van der Waals surface area contributed by atoms with Gasteiger partial charge >= 0.3 is 5.97 Å². The van der Waals surface area contributed by atoms with Gasteiger partial charge in [0.05, 0.1) is 6.42 Å². The Kier molecular flexibility index (Phi) is 6.09. The molecule has 0 aliphatic carbocycles. The number of carboxylic acids is 1.